The lowest BCUT2D eigenvalue weighted by Crippen LogP contribution is -2.38. The predicted molar refractivity (Wildman–Crippen MR) is 83.9 cm³/mol. The topological polar surface area (TPSA) is 58.2 Å². The number of piperidine rings is 1. The molecule has 5 nitrogen and oxygen atoms in total. The Bertz CT molecular complexity index is 625. The summed E-state index contributed by atoms with van der Waals surface area (Å²) >= 11 is 0. The smallest absolute Gasteiger partial charge is 0.170 e. The van der Waals surface area contributed by atoms with Crippen LogP contribution in [0.3, 0.4) is 0 Å². The van der Waals surface area contributed by atoms with Gasteiger partial charge in [0.25, 0.3) is 0 Å². The number of rotatable bonds is 5. The third-order valence-electron chi connectivity index (χ3n) is 4.18. The van der Waals surface area contributed by atoms with Crippen LogP contribution in [0.1, 0.15) is 29.0 Å². The van der Waals surface area contributed by atoms with Crippen molar-refractivity contribution in [1.29, 1.82) is 0 Å². The van der Waals surface area contributed by atoms with Gasteiger partial charge in [0.1, 0.15) is 11.6 Å². The van der Waals surface area contributed by atoms with Crippen LogP contribution in [0.25, 0.3) is 0 Å². The molecule has 0 aliphatic carbocycles. The number of carbonyl (C=O) groups is 1. The maximum Gasteiger partial charge on any atom is 0.170 e. The quantitative estimate of drug-likeness (QED) is 0.862. The molecule has 1 saturated heterocycles. The largest absolute Gasteiger partial charge is 0.496 e. The van der Waals surface area contributed by atoms with E-state index in [4.69, 9.17) is 4.74 Å². The van der Waals surface area contributed by atoms with Gasteiger partial charge in [-0.15, -0.1) is 0 Å². The molecule has 0 radical (unpaired) electrons. The highest BCUT2D eigenvalue weighted by molar-refractivity contribution is 6.00. The first-order valence-corrected chi connectivity index (χ1v) is 7.66. The SMILES string of the molecule is COc1ccccc1C(=O)C1CCCN(Cc2ncc[nH]2)C1. The fourth-order valence-corrected chi connectivity index (χ4v) is 3.08. The average molecular weight is 299 g/mol. The number of hydrogen-bond acceptors (Lipinski definition) is 4. The van der Waals surface area contributed by atoms with Gasteiger partial charge in [0.2, 0.25) is 0 Å². The summed E-state index contributed by atoms with van der Waals surface area (Å²) in [6.45, 7) is 2.55. The summed E-state index contributed by atoms with van der Waals surface area (Å²) in [7, 11) is 1.61. The number of imidazole rings is 1. The van der Waals surface area contributed by atoms with Gasteiger partial charge in [-0.3, -0.25) is 9.69 Å². The third kappa shape index (κ3) is 3.20. The molecule has 1 fully saturated rings. The van der Waals surface area contributed by atoms with E-state index < -0.39 is 0 Å². The first-order chi connectivity index (χ1) is 10.8. The van der Waals surface area contributed by atoms with Crippen LogP contribution in [-0.4, -0.2) is 40.9 Å². The number of likely N-dealkylation sites (tertiary alicyclic amines) is 1. The molecule has 1 N–H and O–H groups in total. The van der Waals surface area contributed by atoms with Crippen molar-refractivity contribution in [3.63, 3.8) is 0 Å². The second-order valence-corrected chi connectivity index (χ2v) is 5.67. The number of nitrogens with zero attached hydrogens (tertiary/aromatic N) is 2. The number of Topliss-reactive ketones (excluding diaryl/α,β-unsaturated/α-hetero) is 1. The van der Waals surface area contributed by atoms with Gasteiger partial charge in [0, 0.05) is 24.9 Å². The van der Waals surface area contributed by atoms with Crippen LogP contribution in [0.4, 0.5) is 0 Å². The van der Waals surface area contributed by atoms with Crippen LogP contribution in [-0.2, 0) is 6.54 Å². The fourth-order valence-electron chi connectivity index (χ4n) is 3.08. The van der Waals surface area contributed by atoms with Crippen molar-refractivity contribution in [2.75, 3.05) is 20.2 Å². The second kappa shape index (κ2) is 6.75. The van der Waals surface area contributed by atoms with E-state index in [2.05, 4.69) is 14.9 Å². The Labute approximate surface area is 130 Å². The van der Waals surface area contributed by atoms with E-state index in [0.29, 0.717) is 11.3 Å². The molecule has 3 rings (SSSR count). The number of aromatic amines is 1. The van der Waals surface area contributed by atoms with Gasteiger partial charge >= 0.3 is 0 Å². The zero-order valence-electron chi connectivity index (χ0n) is 12.8. The summed E-state index contributed by atoms with van der Waals surface area (Å²) in [5.74, 6) is 1.82. The number of methoxy groups -OCH3 is 1. The minimum Gasteiger partial charge on any atom is -0.496 e. The van der Waals surface area contributed by atoms with E-state index in [1.54, 1.807) is 13.3 Å². The van der Waals surface area contributed by atoms with E-state index in [9.17, 15) is 4.79 Å². The molecule has 0 amide bonds. The average Bonchev–Trinajstić information content (AvgIpc) is 3.07. The highest BCUT2D eigenvalue weighted by atomic mass is 16.5. The summed E-state index contributed by atoms with van der Waals surface area (Å²) in [5, 5.41) is 0. The van der Waals surface area contributed by atoms with Crippen molar-refractivity contribution in [2.45, 2.75) is 19.4 Å². The Balaban J connectivity index is 1.70. The van der Waals surface area contributed by atoms with E-state index >= 15 is 0 Å². The van der Waals surface area contributed by atoms with E-state index in [-0.39, 0.29) is 11.7 Å². The van der Waals surface area contributed by atoms with Crippen LogP contribution < -0.4 is 4.74 Å². The monoisotopic (exact) mass is 299 g/mol. The number of H-pyrrole nitrogens is 1. The lowest BCUT2D eigenvalue weighted by Gasteiger charge is -2.31. The molecular weight excluding hydrogens is 278 g/mol. The lowest BCUT2D eigenvalue weighted by atomic mass is 9.89. The maximum atomic E-state index is 12.8. The first kappa shape index (κ1) is 14.8. The molecule has 2 aromatic rings. The molecule has 1 aromatic carbocycles. The standard InChI is InChI=1S/C17H21N3O2/c1-22-15-7-3-2-6-14(15)17(21)13-5-4-10-20(11-13)12-16-18-8-9-19-16/h2-3,6-9,13H,4-5,10-12H2,1H3,(H,18,19). The first-order valence-electron chi connectivity index (χ1n) is 7.66. The Kier molecular flexibility index (Phi) is 4.53. The zero-order valence-corrected chi connectivity index (χ0v) is 12.8. The minimum absolute atomic E-state index is 0.0278. The molecule has 0 saturated carbocycles. The number of ether oxygens (including phenoxy) is 1. The lowest BCUT2D eigenvalue weighted by molar-refractivity contribution is 0.0805. The molecule has 2 heterocycles. The van der Waals surface area contributed by atoms with Crippen LogP contribution in [0.5, 0.6) is 5.75 Å². The molecule has 5 heteroatoms. The van der Waals surface area contributed by atoms with Crippen molar-refractivity contribution in [2.24, 2.45) is 5.92 Å². The summed E-state index contributed by atoms with van der Waals surface area (Å²) < 4.78 is 5.32. The van der Waals surface area contributed by atoms with E-state index in [1.165, 1.54) is 0 Å². The van der Waals surface area contributed by atoms with E-state index in [1.807, 2.05) is 30.5 Å². The molecule has 1 aliphatic heterocycles. The fraction of sp³-hybridized carbons (Fsp3) is 0.412. The van der Waals surface area contributed by atoms with Crippen molar-refractivity contribution in [3.8, 4) is 5.75 Å². The number of nitrogens with one attached hydrogen (secondary N) is 1. The van der Waals surface area contributed by atoms with Gasteiger partial charge in [-0.25, -0.2) is 4.98 Å². The molecule has 1 atom stereocenters. The normalized spacial score (nSPS) is 19.0. The maximum absolute atomic E-state index is 12.8. The van der Waals surface area contributed by atoms with Gasteiger partial charge in [0.15, 0.2) is 5.78 Å². The number of carbonyl (C=O) groups excluding carboxylic acids is 1. The summed E-state index contributed by atoms with van der Waals surface area (Å²) in [6.07, 6.45) is 5.56. The summed E-state index contributed by atoms with van der Waals surface area (Å²) in [5.41, 5.74) is 0.690. The zero-order chi connectivity index (χ0) is 15.4. The molecular formula is C17H21N3O2. The van der Waals surface area contributed by atoms with Crippen LogP contribution in [0.2, 0.25) is 0 Å². The molecule has 1 unspecified atom stereocenters. The van der Waals surface area contributed by atoms with Crippen LogP contribution in [0, 0.1) is 5.92 Å². The Morgan fingerprint density at radius 2 is 2.32 bits per heavy atom. The number of aromatic nitrogens is 2. The molecule has 0 spiro atoms. The number of hydrogen-bond donors (Lipinski definition) is 1. The third-order valence-corrected chi connectivity index (χ3v) is 4.18. The van der Waals surface area contributed by atoms with Gasteiger partial charge in [-0.2, -0.15) is 0 Å². The van der Waals surface area contributed by atoms with Crippen molar-refractivity contribution in [3.05, 3.63) is 48.0 Å². The summed E-state index contributed by atoms with van der Waals surface area (Å²) in [4.78, 5) is 22.5. The second-order valence-electron chi connectivity index (χ2n) is 5.67. The summed E-state index contributed by atoms with van der Waals surface area (Å²) in [6, 6.07) is 7.47. The minimum atomic E-state index is 0.0278. The van der Waals surface area contributed by atoms with Gasteiger partial charge < -0.3 is 9.72 Å². The molecule has 1 aliphatic rings. The Hall–Kier alpha value is -2.14. The predicted octanol–water partition coefficient (Wildman–Crippen LogP) is 2.51. The van der Waals surface area contributed by atoms with Crippen molar-refractivity contribution >= 4 is 5.78 Å². The van der Waals surface area contributed by atoms with Gasteiger partial charge in [-0.1, -0.05) is 12.1 Å². The van der Waals surface area contributed by atoms with Gasteiger partial charge in [-0.05, 0) is 31.5 Å². The molecule has 22 heavy (non-hydrogen) atoms. The van der Waals surface area contributed by atoms with E-state index in [0.717, 1.165) is 38.3 Å². The molecule has 1 aromatic heterocycles. The molecule has 0 bridgehead atoms. The number of benzene rings is 1. The molecule has 116 valence electrons. The Morgan fingerprint density at radius 3 is 3.09 bits per heavy atom. The van der Waals surface area contributed by atoms with Crippen LogP contribution >= 0.6 is 0 Å². The Morgan fingerprint density at radius 1 is 1.45 bits per heavy atom. The van der Waals surface area contributed by atoms with Crippen molar-refractivity contribution in [1.82, 2.24) is 14.9 Å². The highest BCUT2D eigenvalue weighted by Gasteiger charge is 2.28. The van der Waals surface area contributed by atoms with Crippen molar-refractivity contribution < 1.29 is 9.53 Å². The van der Waals surface area contributed by atoms with Crippen LogP contribution in [0.15, 0.2) is 36.7 Å². The van der Waals surface area contributed by atoms with Gasteiger partial charge in [0.05, 0.1) is 19.2 Å². The number of ketones is 1. The highest BCUT2D eigenvalue weighted by Crippen LogP contribution is 2.26. The number of para-hydroxylation sites is 1.